The lowest BCUT2D eigenvalue weighted by molar-refractivity contribution is 0.137. The van der Waals surface area contributed by atoms with Crippen molar-refractivity contribution in [3.05, 3.63) is 0 Å². The van der Waals surface area contributed by atoms with Gasteiger partial charge in [-0.05, 0) is 57.5 Å². The first kappa shape index (κ1) is 10.1. The van der Waals surface area contributed by atoms with Gasteiger partial charge in [0, 0.05) is 18.1 Å². The third-order valence-electron chi connectivity index (χ3n) is 4.67. The molecule has 1 saturated carbocycles. The molecule has 0 aromatic carbocycles. The summed E-state index contributed by atoms with van der Waals surface area (Å²) in [6.45, 7) is 5.10. The van der Waals surface area contributed by atoms with Crippen LogP contribution in [-0.4, -0.2) is 36.1 Å². The average molecular weight is 208 g/mol. The summed E-state index contributed by atoms with van der Waals surface area (Å²) in [6.07, 6.45) is 8.55. The van der Waals surface area contributed by atoms with Crippen LogP contribution in [0.15, 0.2) is 0 Å². The van der Waals surface area contributed by atoms with E-state index in [9.17, 15) is 0 Å². The van der Waals surface area contributed by atoms with Crippen molar-refractivity contribution in [1.29, 1.82) is 0 Å². The van der Waals surface area contributed by atoms with Gasteiger partial charge in [0.25, 0.3) is 0 Å². The minimum atomic E-state index is 0.835. The van der Waals surface area contributed by atoms with Crippen molar-refractivity contribution in [2.75, 3.05) is 13.1 Å². The summed E-state index contributed by atoms with van der Waals surface area (Å²) in [5, 5.41) is 3.87. The molecule has 86 valence electrons. The summed E-state index contributed by atoms with van der Waals surface area (Å²) in [7, 11) is 0. The second-order valence-electron chi connectivity index (χ2n) is 5.99. The van der Waals surface area contributed by atoms with Crippen LogP contribution in [0, 0.1) is 5.92 Å². The molecule has 0 aromatic heterocycles. The molecule has 3 rings (SSSR count). The van der Waals surface area contributed by atoms with Gasteiger partial charge in [0.1, 0.15) is 0 Å². The topological polar surface area (TPSA) is 15.3 Å². The molecule has 2 atom stereocenters. The zero-order valence-electron chi connectivity index (χ0n) is 9.91. The van der Waals surface area contributed by atoms with Crippen molar-refractivity contribution in [2.24, 2.45) is 5.92 Å². The Hall–Kier alpha value is -0.0800. The third kappa shape index (κ3) is 2.07. The largest absolute Gasteiger partial charge is 0.311 e. The highest BCUT2D eigenvalue weighted by Crippen LogP contribution is 2.30. The van der Waals surface area contributed by atoms with E-state index < -0.39 is 0 Å². The highest BCUT2D eigenvalue weighted by atomic mass is 15.2. The Morgan fingerprint density at radius 2 is 1.87 bits per heavy atom. The summed E-state index contributed by atoms with van der Waals surface area (Å²) in [5.74, 6) is 0.981. The van der Waals surface area contributed by atoms with Crippen LogP contribution in [0.1, 0.15) is 45.4 Å². The smallest absolute Gasteiger partial charge is 0.0111 e. The molecule has 0 amide bonds. The predicted octanol–water partition coefficient (Wildman–Crippen LogP) is 2.00. The summed E-state index contributed by atoms with van der Waals surface area (Å²) < 4.78 is 0. The first-order chi connectivity index (χ1) is 7.31. The van der Waals surface area contributed by atoms with Gasteiger partial charge in [-0.25, -0.2) is 0 Å². The van der Waals surface area contributed by atoms with Gasteiger partial charge in [0.15, 0.2) is 0 Å². The molecule has 0 spiro atoms. The quantitative estimate of drug-likeness (QED) is 0.746. The van der Waals surface area contributed by atoms with Crippen molar-refractivity contribution >= 4 is 0 Å². The lowest BCUT2D eigenvalue weighted by Crippen LogP contribution is -2.51. The lowest BCUT2D eigenvalue weighted by atomic mass is 9.81. The van der Waals surface area contributed by atoms with Crippen LogP contribution >= 0.6 is 0 Å². The Morgan fingerprint density at radius 1 is 1.00 bits per heavy atom. The molecule has 1 N–H and O–H groups in total. The molecular weight excluding hydrogens is 184 g/mol. The zero-order valence-corrected chi connectivity index (χ0v) is 9.91. The molecule has 3 aliphatic rings. The molecule has 2 saturated heterocycles. The number of nitrogens with one attached hydrogen (secondary N) is 1. The van der Waals surface area contributed by atoms with Crippen LogP contribution in [0.3, 0.4) is 0 Å². The number of rotatable bonds is 2. The minimum absolute atomic E-state index is 0.835. The van der Waals surface area contributed by atoms with E-state index in [2.05, 4.69) is 17.1 Å². The fourth-order valence-electron chi connectivity index (χ4n) is 3.75. The fraction of sp³-hybridized carbons (Fsp3) is 1.00. The van der Waals surface area contributed by atoms with Crippen molar-refractivity contribution in [3.63, 3.8) is 0 Å². The first-order valence-electron chi connectivity index (χ1n) is 6.81. The van der Waals surface area contributed by atoms with E-state index in [4.69, 9.17) is 0 Å². The van der Waals surface area contributed by atoms with E-state index in [0.717, 1.165) is 24.0 Å². The molecule has 0 bridgehead atoms. The molecule has 3 fully saturated rings. The predicted molar refractivity (Wildman–Crippen MR) is 62.9 cm³/mol. The van der Waals surface area contributed by atoms with Crippen LogP contribution in [0.5, 0.6) is 0 Å². The van der Waals surface area contributed by atoms with Crippen molar-refractivity contribution < 1.29 is 0 Å². The Labute approximate surface area is 93.4 Å². The van der Waals surface area contributed by atoms with Gasteiger partial charge in [0.2, 0.25) is 0 Å². The summed E-state index contributed by atoms with van der Waals surface area (Å²) >= 11 is 0. The van der Waals surface area contributed by atoms with E-state index in [1.165, 1.54) is 51.6 Å². The number of nitrogens with zero attached hydrogens (tertiary/aromatic N) is 1. The van der Waals surface area contributed by atoms with Gasteiger partial charge < -0.3 is 10.2 Å². The van der Waals surface area contributed by atoms with Gasteiger partial charge in [-0.1, -0.05) is 6.92 Å². The van der Waals surface area contributed by atoms with Gasteiger partial charge in [-0.15, -0.1) is 0 Å². The number of fused-ring (bicyclic) bond motifs is 1. The minimum Gasteiger partial charge on any atom is -0.311 e. The van der Waals surface area contributed by atoms with Gasteiger partial charge in [-0.3, -0.25) is 0 Å². The molecule has 2 heterocycles. The molecule has 15 heavy (non-hydrogen) atoms. The molecule has 2 nitrogen and oxygen atoms in total. The van der Waals surface area contributed by atoms with E-state index in [1.807, 2.05) is 0 Å². The lowest BCUT2D eigenvalue weighted by Gasteiger charge is -2.41. The number of piperidine rings is 1. The molecule has 2 heteroatoms. The molecule has 2 unspecified atom stereocenters. The third-order valence-corrected chi connectivity index (χ3v) is 4.67. The summed E-state index contributed by atoms with van der Waals surface area (Å²) in [6, 6.07) is 2.62. The van der Waals surface area contributed by atoms with Crippen LogP contribution in [0.4, 0.5) is 0 Å². The van der Waals surface area contributed by atoms with Gasteiger partial charge in [0.05, 0.1) is 0 Å². The molecule has 2 aliphatic heterocycles. The maximum Gasteiger partial charge on any atom is 0.0111 e. The van der Waals surface area contributed by atoms with E-state index in [-0.39, 0.29) is 0 Å². The second-order valence-corrected chi connectivity index (χ2v) is 5.99. The van der Waals surface area contributed by atoms with Crippen LogP contribution in [0.2, 0.25) is 0 Å². The van der Waals surface area contributed by atoms with Crippen LogP contribution in [0.25, 0.3) is 0 Å². The highest BCUT2D eigenvalue weighted by molar-refractivity contribution is 4.92. The second kappa shape index (κ2) is 4.06. The standard InChI is InChI=1S/C13H24N2/c1-10-7-12(8-10)14-11-4-6-15-5-2-3-13(15)9-11/h10-14H,2-9H2,1H3. The fourth-order valence-corrected chi connectivity index (χ4v) is 3.75. The first-order valence-corrected chi connectivity index (χ1v) is 6.81. The number of hydrogen-bond donors (Lipinski definition) is 1. The molecular formula is C13H24N2. The van der Waals surface area contributed by atoms with Crippen molar-refractivity contribution in [3.8, 4) is 0 Å². The SMILES string of the molecule is CC1CC(NC2CCN3CCCC3C2)C1. The molecule has 1 aliphatic carbocycles. The van der Waals surface area contributed by atoms with E-state index in [0.29, 0.717) is 0 Å². The Morgan fingerprint density at radius 3 is 2.67 bits per heavy atom. The van der Waals surface area contributed by atoms with Gasteiger partial charge in [-0.2, -0.15) is 0 Å². The normalized spacial score (nSPS) is 46.2. The van der Waals surface area contributed by atoms with Gasteiger partial charge >= 0.3 is 0 Å². The van der Waals surface area contributed by atoms with Crippen LogP contribution < -0.4 is 5.32 Å². The molecule has 0 radical (unpaired) electrons. The Bertz CT molecular complexity index is 223. The number of hydrogen-bond acceptors (Lipinski definition) is 2. The maximum absolute atomic E-state index is 3.87. The monoisotopic (exact) mass is 208 g/mol. The zero-order chi connectivity index (χ0) is 10.3. The summed E-state index contributed by atoms with van der Waals surface area (Å²) in [4.78, 5) is 2.71. The van der Waals surface area contributed by atoms with E-state index in [1.54, 1.807) is 0 Å². The van der Waals surface area contributed by atoms with Crippen LogP contribution in [-0.2, 0) is 0 Å². The maximum atomic E-state index is 3.87. The Kier molecular flexibility index (Phi) is 2.73. The molecule has 0 aromatic rings. The van der Waals surface area contributed by atoms with E-state index >= 15 is 0 Å². The Balaban J connectivity index is 1.47. The highest BCUT2D eigenvalue weighted by Gasteiger charge is 2.34. The van der Waals surface area contributed by atoms with Crippen molar-refractivity contribution in [1.82, 2.24) is 10.2 Å². The van der Waals surface area contributed by atoms with Crippen molar-refractivity contribution in [2.45, 2.75) is 63.6 Å². The average Bonchev–Trinajstić information content (AvgIpc) is 2.62. The summed E-state index contributed by atoms with van der Waals surface area (Å²) in [5.41, 5.74) is 0.